The van der Waals surface area contributed by atoms with Crippen molar-refractivity contribution in [3.8, 4) is 0 Å². The summed E-state index contributed by atoms with van der Waals surface area (Å²) in [5, 5.41) is 4.80. The zero-order valence-corrected chi connectivity index (χ0v) is 14.8. The van der Waals surface area contributed by atoms with E-state index in [4.69, 9.17) is 9.72 Å². The van der Waals surface area contributed by atoms with Gasteiger partial charge < -0.3 is 10.1 Å². The fourth-order valence-corrected chi connectivity index (χ4v) is 4.30. The molecule has 0 fully saturated rings. The van der Waals surface area contributed by atoms with Gasteiger partial charge >= 0.3 is 0 Å². The molecule has 0 saturated heterocycles. The largest absolute Gasteiger partial charge is 0.371 e. The van der Waals surface area contributed by atoms with Crippen molar-refractivity contribution in [2.24, 2.45) is 5.92 Å². The van der Waals surface area contributed by atoms with Crippen molar-refractivity contribution in [2.45, 2.75) is 65.4 Å². The first-order chi connectivity index (χ1) is 10.2. The van der Waals surface area contributed by atoms with Crippen LogP contribution in [0.3, 0.4) is 0 Å². The Labute approximate surface area is 133 Å². The Balaban J connectivity index is 2.06. The molecule has 1 aromatic rings. The molecule has 2 rings (SSSR count). The van der Waals surface area contributed by atoms with Gasteiger partial charge in [0.1, 0.15) is 11.1 Å². The molecule has 1 N–H and O–H groups in total. The first-order valence-corrected chi connectivity index (χ1v) is 9.29. The number of aromatic nitrogens is 1. The molecule has 3 nitrogen and oxygen atoms in total. The van der Waals surface area contributed by atoms with Gasteiger partial charge in [-0.15, -0.1) is 11.3 Å². The van der Waals surface area contributed by atoms with E-state index in [2.05, 4.69) is 33.0 Å². The smallest absolute Gasteiger partial charge is 0.122 e. The number of nitrogens with one attached hydrogen (secondary N) is 1. The summed E-state index contributed by atoms with van der Waals surface area (Å²) in [6.07, 6.45) is 4.97. The van der Waals surface area contributed by atoms with Gasteiger partial charge in [-0.3, -0.25) is 0 Å². The van der Waals surface area contributed by atoms with Gasteiger partial charge in [-0.1, -0.05) is 20.8 Å². The average Bonchev–Trinajstić information content (AvgIpc) is 2.89. The fraction of sp³-hybridized carbons (Fsp3) is 0.824. The molecule has 2 unspecified atom stereocenters. The molecule has 120 valence electrons. The maximum Gasteiger partial charge on any atom is 0.122 e. The van der Waals surface area contributed by atoms with E-state index in [1.165, 1.54) is 34.8 Å². The molecular weight excluding hydrogens is 280 g/mol. The van der Waals surface area contributed by atoms with E-state index in [1.807, 2.05) is 11.3 Å². The van der Waals surface area contributed by atoms with Crippen molar-refractivity contribution in [2.75, 3.05) is 19.7 Å². The minimum Gasteiger partial charge on any atom is -0.371 e. The van der Waals surface area contributed by atoms with Gasteiger partial charge in [-0.2, -0.15) is 0 Å². The molecule has 1 heterocycles. The van der Waals surface area contributed by atoms with Crippen LogP contribution in [0.15, 0.2) is 0 Å². The van der Waals surface area contributed by atoms with Gasteiger partial charge in [0.15, 0.2) is 0 Å². The second kappa shape index (κ2) is 8.25. The molecule has 0 bridgehead atoms. The van der Waals surface area contributed by atoms with Crippen molar-refractivity contribution >= 4 is 11.3 Å². The zero-order valence-electron chi connectivity index (χ0n) is 13.9. The van der Waals surface area contributed by atoms with E-state index in [9.17, 15) is 0 Å². The lowest BCUT2D eigenvalue weighted by molar-refractivity contribution is 0.0595. The SMILES string of the molecule is CCOC(CC)c1nc2c(s1)CCCC2CNCC(C)C. The minimum atomic E-state index is 0.190. The highest BCUT2D eigenvalue weighted by molar-refractivity contribution is 7.11. The maximum atomic E-state index is 5.84. The third-order valence-electron chi connectivity index (χ3n) is 4.04. The monoisotopic (exact) mass is 310 g/mol. The van der Waals surface area contributed by atoms with Crippen LogP contribution in [-0.2, 0) is 11.2 Å². The van der Waals surface area contributed by atoms with Crippen molar-refractivity contribution in [1.82, 2.24) is 10.3 Å². The molecule has 0 aliphatic heterocycles. The Morgan fingerprint density at radius 3 is 2.86 bits per heavy atom. The molecule has 2 atom stereocenters. The van der Waals surface area contributed by atoms with Crippen LogP contribution in [-0.4, -0.2) is 24.7 Å². The van der Waals surface area contributed by atoms with Gasteiger partial charge in [-0.25, -0.2) is 4.98 Å². The summed E-state index contributed by atoms with van der Waals surface area (Å²) in [4.78, 5) is 6.48. The molecule has 0 aromatic carbocycles. The van der Waals surface area contributed by atoms with Crippen LogP contribution >= 0.6 is 11.3 Å². The summed E-state index contributed by atoms with van der Waals surface area (Å²) >= 11 is 1.89. The van der Waals surface area contributed by atoms with Crippen molar-refractivity contribution in [1.29, 1.82) is 0 Å². The van der Waals surface area contributed by atoms with Gasteiger partial charge in [0.05, 0.1) is 5.69 Å². The molecule has 1 aromatic heterocycles. The van der Waals surface area contributed by atoms with Crippen LogP contribution < -0.4 is 5.32 Å². The standard InChI is InChI=1S/C17H30N2OS/c1-5-14(20-6-2)17-19-16-13(11-18-10-12(3)4)8-7-9-15(16)21-17/h12-14,18H,5-11H2,1-4H3. The molecular formula is C17H30N2OS. The molecule has 1 aliphatic carbocycles. The Morgan fingerprint density at radius 1 is 1.38 bits per heavy atom. The summed E-state index contributed by atoms with van der Waals surface area (Å²) < 4.78 is 5.84. The summed E-state index contributed by atoms with van der Waals surface area (Å²) in [6.45, 7) is 11.7. The molecule has 0 radical (unpaired) electrons. The molecule has 0 spiro atoms. The van der Waals surface area contributed by atoms with Gasteiger partial charge in [-0.05, 0) is 45.1 Å². The van der Waals surface area contributed by atoms with E-state index >= 15 is 0 Å². The summed E-state index contributed by atoms with van der Waals surface area (Å²) in [5.41, 5.74) is 1.36. The predicted molar refractivity (Wildman–Crippen MR) is 90.2 cm³/mol. The number of thiazole rings is 1. The highest BCUT2D eigenvalue weighted by Gasteiger charge is 2.26. The van der Waals surface area contributed by atoms with Crippen LogP contribution in [0, 0.1) is 5.92 Å². The zero-order chi connectivity index (χ0) is 15.2. The second-order valence-electron chi connectivity index (χ2n) is 6.35. The predicted octanol–water partition coefficient (Wildman–Crippen LogP) is 4.30. The molecule has 0 amide bonds. The van der Waals surface area contributed by atoms with Crippen LogP contribution in [0.5, 0.6) is 0 Å². The maximum absolute atomic E-state index is 5.84. The first kappa shape index (κ1) is 16.9. The third kappa shape index (κ3) is 4.51. The van der Waals surface area contributed by atoms with Crippen molar-refractivity contribution in [3.05, 3.63) is 15.6 Å². The molecule has 21 heavy (non-hydrogen) atoms. The topological polar surface area (TPSA) is 34.1 Å². The first-order valence-electron chi connectivity index (χ1n) is 8.47. The molecule has 4 heteroatoms. The average molecular weight is 311 g/mol. The third-order valence-corrected chi connectivity index (χ3v) is 5.27. The van der Waals surface area contributed by atoms with Gasteiger partial charge in [0.25, 0.3) is 0 Å². The molecule has 0 saturated carbocycles. The van der Waals surface area contributed by atoms with Crippen LogP contribution in [0.1, 0.15) is 74.6 Å². The number of rotatable bonds is 8. The number of ether oxygens (including phenoxy) is 1. The Hall–Kier alpha value is -0.450. The number of nitrogens with zero attached hydrogens (tertiary/aromatic N) is 1. The van der Waals surface area contributed by atoms with E-state index in [0.29, 0.717) is 11.8 Å². The van der Waals surface area contributed by atoms with E-state index in [1.54, 1.807) is 0 Å². The van der Waals surface area contributed by atoms with Crippen molar-refractivity contribution < 1.29 is 4.74 Å². The minimum absolute atomic E-state index is 0.190. The summed E-state index contributed by atoms with van der Waals surface area (Å²) in [6, 6.07) is 0. The summed E-state index contributed by atoms with van der Waals surface area (Å²) in [7, 11) is 0. The Kier molecular flexibility index (Phi) is 6.65. The summed E-state index contributed by atoms with van der Waals surface area (Å²) in [5.74, 6) is 1.30. The fourth-order valence-electron chi connectivity index (χ4n) is 2.97. The Bertz CT molecular complexity index is 430. The van der Waals surface area contributed by atoms with Gasteiger partial charge in [0, 0.05) is 23.9 Å². The molecule has 1 aliphatic rings. The highest BCUT2D eigenvalue weighted by Crippen LogP contribution is 2.37. The number of hydrogen-bond donors (Lipinski definition) is 1. The van der Waals surface area contributed by atoms with Gasteiger partial charge in [0.2, 0.25) is 0 Å². The lowest BCUT2D eigenvalue weighted by atomic mass is 9.91. The number of fused-ring (bicyclic) bond motifs is 1. The van der Waals surface area contributed by atoms with E-state index in [-0.39, 0.29) is 6.10 Å². The lowest BCUT2D eigenvalue weighted by Crippen LogP contribution is -2.27. The van der Waals surface area contributed by atoms with Crippen LogP contribution in [0.25, 0.3) is 0 Å². The number of aryl methyl sites for hydroxylation is 1. The lowest BCUT2D eigenvalue weighted by Gasteiger charge is -2.22. The quantitative estimate of drug-likeness (QED) is 0.777. The second-order valence-corrected chi connectivity index (χ2v) is 7.47. The van der Waals surface area contributed by atoms with Crippen molar-refractivity contribution in [3.63, 3.8) is 0 Å². The highest BCUT2D eigenvalue weighted by atomic mass is 32.1. The van der Waals surface area contributed by atoms with Crippen LogP contribution in [0.4, 0.5) is 0 Å². The Morgan fingerprint density at radius 2 is 2.19 bits per heavy atom. The number of hydrogen-bond acceptors (Lipinski definition) is 4. The van der Waals surface area contributed by atoms with Crippen LogP contribution in [0.2, 0.25) is 0 Å². The van der Waals surface area contributed by atoms with E-state index < -0.39 is 0 Å². The van der Waals surface area contributed by atoms with E-state index in [0.717, 1.165) is 26.1 Å². The normalized spacial score (nSPS) is 19.8.